The fourth-order valence-electron chi connectivity index (χ4n) is 1.64. The van der Waals surface area contributed by atoms with E-state index < -0.39 is 5.82 Å². The van der Waals surface area contributed by atoms with Crippen LogP contribution >= 0.6 is 0 Å². The van der Waals surface area contributed by atoms with Gasteiger partial charge in [-0.05, 0) is 24.6 Å². The number of carbonyl (C=O) groups excluding carboxylic acids is 1. The molecule has 0 saturated heterocycles. The first kappa shape index (κ1) is 15.2. The van der Waals surface area contributed by atoms with Gasteiger partial charge in [0.1, 0.15) is 5.82 Å². The Kier molecular flexibility index (Phi) is 6.62. The monoisotopic (exact) mass is 262 g/mol. The van der Waals surface area contributed by atoms with E-state index in [9.17, 15) is 9.18 Å². The second-order valence-corrected chi connectivity index (χ2v) is 4.16. The van der Waals surface area contributed by atoms with Crippen LogP contribution in [0.25, 0.3) is 0 Å². The quantitative estimate of drug-likeness (QED) is 0.630. The molecule has 0 aliphatic rings. The molecule has 0 atom stereocenters. The van der Waals surface area contributed by atoms with Gasteiger partial charge in [0.25, 0.3) is 5.91 Å². The number of amides is 1. The van der Waals surface area contributed by atoms with Crippen molar-refractivity contribution in [2.45, 2.75) is 26.2 Å². The summed E-state index contributed by atoms with van der Waals surface area (Å²) >= 11 is 0. The number of unbranched alkanes of at least 4 members (excludes halogenated alkanes) is 2. The van der Waals surface area contributed by atoms with E-state index in [-0.39, 0.29) is 12.5 Å². The molecule has 4 heteroatoms. The molecule has 102 valence electrons. The highest BCUT2D eigenvalue weighted by Gasteiger charge is 2.10. The summed E-state index contributed by atoms with van der Waals surface area (Å²) in [5.74, 6) is 4.72. The van der Waals surface area contributed by atoms with Crippen molar-refractivity contribution in [3.05, 3.63) is 35.1 Å². The molecule has 0 spiro atoms. The Balaban J connectivity index is 2.78. The summed E-state index contributed by atoms with van der Waals surface area (Å²) in [5.41, 5.74) is 6.05. The van der Waals surface area contributed by atoms with Gasteiger partial charge in [-0.25, -0.2) is 4.39 Å². The fourth-order valence-corrected chi connectivity index (χ4v) is 1.64. The van der Waals surface area contributed by atoms with Crippen molar-refractivity contribution < 1.29 is 9.18 Å². The summed E-state index contributed by atoms with van der Waals surface area (Å²) in [5, 5.41) is 2.81. The molecule has 1 amide bonds. The summed E-state index contributed by atoms with van der Waals surface area (Å²) in [6, 6.07) is 3.96. The van der Waals surface area contributed by atoms with E-state index >= 15 is 0 Å². The third-order valence-corrected chi connectivity index (χ3v) is 2.62. The van der Waals surface area contributed by atoms with Gasteiger partial charge in [0.2, 0.25) is 0 Å². The van der Waals surface area contributed by atoms with Crippen molar-refractivity contribution in [1.82, 2.24) is 5.32 Å². The molecule has 19 heavy (non-hydrogen) atoms. The van der Waals surface area contributed by atoms with Crippen molar-refractivity contribution in [2.75, 3.05) is 13.1 Å². The van der Waals surface area contributed by atoms with E-state index in [0.29, 0.717) is 17.7 Å². The largest absolute Gasteiger partial charge is 0.352 e. The van der Waals surface area contributed by atoms with Crippen LogP contribution in [0.5, 0.6) is 0 Å². The highest BCUT2D eigenvalue weighted by molar-refractivity contribution is 5.96. The van der Waals surface area contributed by atoms with Crippen LogP contribution in [0.2, 0.25) is 0 Å². The number of benzene rings is 1. The molecule has 1 rings (SSSR count). The van der Waals surface area contributed by atoms with Gasteiger partial charge in [-0.2, -0.15) is 0 Å². The molecule has 3 nitrogen and oxygen atoms in total. The van der Waals surface area contributed by atoms with Crippen molar-refractivity contribution in [3.8, 4) is 11.8 Å². The minimum atomic E-state index is -0.413. The summed E-state index contributed by atoms with van der Waals surface area (Å²) in [6.45, 7) is 2.89. The molecular formula is C15H19FN2O. The smallest absolute Gasteiger partial charge is 0.252 e. The summed E-state index contributed by atoms with van der Waals surface area (Å²) in [6.07, 6.45) is 3.11. The zero-order valence-electron chi connectivity index (χ0n) is 11.1. The highest BCUT2D eigenvalue weighted by atomic mass is 19.1. The van der Waals surface area contributed by atoms with Gasteiger partial charge >= 0.3 is 0 Å². The van der Waals surface area contributed by atoms with Crippen LogP contribution < -0.4 is 11.1 Å². The molecule has 0 aliphatic heterocycles. The lowest BCUT2D eigenvalue weighted by atomic mass is 10.1. The van der Waals surface area contributed by atoms with Crippen LogP contribution in [0.4, 0.5) is 4.39 Å². The van der Waals surface area contributed by atoms with Crippen molar-refractivity contribution >= 4 is 5.91 Å². The zero-order valence-corrected chi connectivity index (χ0v) is 11.1. The lowest BCUT2D eigenvalue weighted by Crippen LogP contribution is -2.25. The van der Waals surface area contributed by atoms with Crippen molar-refractivity contribution in [1.29, 1.82) is 0 Å². The standard InChI is InChI=1S/C15H19FN2O/c1-2-3-4-10-18-15(19)14-8-7-13(16)11-12(14)6-5-9-17/h7-8,11H,2-4,9-10,17H2,1H3,(H,18,19). The number of halogens is 1. The van der Waals surface area contributed by atoms with E-state index in [1.54, 1.807) is 0 Å². The van der Waals surface area contributed by atoms with Gasteiger partial charge in [0.15, 0.2) is 0 Å². The molecule has 1 aromatic carbocycles. The normalized spacial score (nSPS) is 9.63. The van der Waals surface area contributed by atoms with E-state index in [1.807, 2.05) is 0 Å². The van der Waals surface area contributed by atoms with E-state index in [2.05, 4.69) is 24.1 Å². The van der Waals surface area contributed by atoms with Gasteiger partial charge < -0.3 is 11.1 Å². The Morgan fingerprint density at radius 3 is 2.89 bits per heavy atom. The first-order valence-corrected chi connectivity index (χ1v) is 6.45. The maximum Gasteiger partial charge on any atom is 0.252 e. The number of nitrogens with one attached hydrogen (secondary N) is 1. The minimum absolute atomic E-state index is 0.175. The average Bonchev–Trinajstić information content (AvgIpc) is 2.41. The SMILES string of the molecule is CCCCCNC(=O)c1ccc(F)cc1C#CCN. The third kappa shape index (κ3) is 5.11. The third-order valence-electron chi connectivity index (χ3n) is 2.62. The maximum atomic E-state index is 13.2. The molecule has 0 saturated carbocycles. The zero-order chi connectivity index (χ0) is 14.1. The number of nitrogens with two attached hydrogens (primary N) is 1. The Labute approximate surface area is 113 Å². The van der Waals surface area contributed by atoms with Gasteiger partial charge in [-0.3, -0.25) is 4.79 Å². The van der Waals surface area contributed by atoms with Crippen molar-refractivity contribution in [2.24, 2.45) is 5.73 Å². The van der Waals surface area contributed by atoms with Crippen LogP contribution in [-0.4, -0.2) is 19.0 Å². The number of carbonyl (C=O) groups is 1. The van der Waals surface area contributed by atoms with Crippen molar-refractivity contribution in [3.63, 3.8) is 0 Å². The van der Waals surface area contributed by atoms with E-state index in [0.717, 1.165) is 19.3 Å². The molecule has 0 unspecified atom stereocenters. The Bertz CT molecular complexity index is 489. The van der Waals surface area contributed by atoms with Gasteiger partial charge in [0.05, 0.1) is 12.1 Å². The molecule has 3 N–H and O–H groups in total. The summed E-state index contributed by atoms with van der Waals surface area (Å²) in [4.78, 5) is 12.0. The van der Waals surface area contributed by atoms with Gasteiger partial charge in [-0.15, -0.1) is 0 Å². The topological polar surface area (TPSA) is 55.1 Å². The van der Waals surface area contributed by atoms with Crippen LogP contribution in [0.3, 0.4) is 0 Å². The molecular weight excluding hydrogens is 243 g/mol. The minimum Gasteiger partial charge on any atom is -0.352 e. The molecule has 1 aromatic rings. The predicted molar refractivity (Wildman–Crippen MR) is 74.2 cm³/mol. The second-order valence-electron chi connectivity index (χ2n) is 4.16. The predicted octanol–water partition coefficient (Wildman–Crippen LogP) is 2.06. The number of rotatable bonds is 5. The molecule has 0 aromatic heterocycles. The number of hydrogen-bond acceptors (Lipinski definition) is 2. The fraction of sp³-hybridized carbons (Fsp3) is 0.400. The average molecular weight is 262 g/mol. The summed E-state index contributed by atoms with van der Waals surface area (Å²) in [7, 11) is 0. The molecule has 0 fully saturated rings. The van der Waals surface area contributed by atoms with Crippen LogP contribution in [0.1, 0.15) is 42.1 Å². The highest BCUT2D eigenvalue weighted by Crippen LogP contribution is 2.10. The first-order chi connectivity index (χ1) is 9.19. The maximum absolute atomic E-state index is 13.2. The van der Waals surface area contributed by atoms with Crippen LogP contribution in [-0.2, 0) is 0 Å². The lowest BCUT2D eigenvalue weighted by Gasteiger charge is -2.07. The summed E-state index contributed by atoms with van der Waals surface area (Å²) < 4.78 is 13.2. The van der Waals surface area contributed by atoms with Crippen LogP contribution in [0.15, 0.2) is 18.2 Å². The number of hydrogen-bond donors (Lipinski definition) is 2. The lowest BCUT2D eigenvalue weighted by molar-refractivity contribution is 0.0952. The molecule has 0 radical (unpaired) electrons. The Morgan fingerprint density at radius 2 is 2.21 bits per heavy atom. The van der Waals surface area contributed by atoms with E-state index in [4.69, 9.17) is 5.73 Å². The van der Waals surface area contributed by atoms with Crippen LogP contribution in [0, 0.1) is 17.7 Å². The molecule has 0 aliphatic carbocycles. The van der Waals surface area contributed by atoms with E-state index in [1.165, 1.54) is 18.2 Å². The Morgan fingerprint density at radius 1 is 1.42 bits per heavy atom. The first-order valence-electron chi connectivity index (χ1n) is 6.45. The second kappa shape index (κ2) is 8.28. The molecule has 0 bridgehead atoms. The molecule has 0 heterocycles. The Hall–Kier alpha value is -1.86. The van der Waals surface area contributed by atoms with Gasteiger partial charge in [-0.1, -0.05) is 31.6 Å². The van der Waals surface area contributed by atoms with Gasteiger partial charge in [0, 0.05) is 12.1 Å².